The fourth-order valence-electron chi connectivity index (χ4n) is 3.14. The number of halogens is 3. The Kier molecular flexibility index (Phi) is 9.23. The molecule has 9 nitrogen and oxygen atoms in total. The minimum atomic E-state index is -4.70. The summed E-state index contributed by atoms with van der Waals surface area (Å²) < 4.78 is 74.4. The number of ether oxygens (including phenoxy) is 2. The summed E-state index contributed by atoms with van der Waals surface area (Å²) >= 11 is 0. The molecule has 1 N–H and O–H groups in total. The molecular formula is C20H25F3N2O7S. The Morgan fingerprint density at radius 1 is 1.15 bits per heavy atom. The average molecular weight is 494 g/mol. The highest BCUT2D eigenvalue weighted by atomic mass is 32.2. The van der Waals surface area contributed by atoms with E-state index >= 15 is 0 Å². The fraction of sp³-hybridized carbons (Fsp3) is 0.550. The third-order valence-electron chi connectivity index (χ3n) is 4.92. The van der Waals surface area contributed by atoms with E-state index in [1.54, 1.807) is 6.92 Å². The SMILES string of the molecule is CCOC(=O)C1CCN(C(=O)COC(=O)CCNS(=O)(=O)c2cccc(C(F)(F)F)c2)CC1. The lowest BCUT2D eigenvalue weighted by Gasteiger charge is -2.30. The molecule has 1 aromatic rings. The summed E-state index contributed by atoms with van der Waals surface area (Å²) in [5.74, 6) is -1.88. The van der Waals surface area contributed by atoms with Crippen molar-refractivity contribution in [2.45, 2.75) is 37.3 Å². The fourth-order valence-corrected chi connectivity index (χ4v) is 4.22. The maximum atomic E-state index is 12.8. The van der Waals surface area contributed by atoms with Crippen molar-refractivity contribution < 1.29 is 45.4 Å². The zero-order valence-corrected chi connectivity index (χ0v) is 18.7. The molecule has 1 aliphatic heterocycles. The number of likely N-dealkylation sites (tertiary alicyclic amines) is 1. The molecule has 0 bridgehead atoms. The van der Waals surface area contributed by atoms with E-state index in [-0.39, 0.29) is 18.5 Å². The molecule has 0 radical (unpaired) electrons. The standard InChI is InChI=1S/C20H25F3N2O7S/c1-2-31-19(28)14-7-10-25(11-8-14)17(26)13-32-18(27)6-9-24-33(29,30)16-5-3-4-15(12-16)20(21,22)23/h3-5,12,14,24H,2,6-11,13H2,1H3. The molecule has 184 valence electrons. The average Bonchev–Trinajstić information content (AvgIpc) is 2.77. The van der Waals surface area contributed by atoms with E-state index in [9.17, 15) is 36.0 Å². The number of piperidine rings is 1. The van der Waals surface area contributed by atoms with Gasteiger partial charge in [-0.05, 0) is 38.0 Å². The zero-order chi connectivity index (χ0) is 24.6. The number of carbonyl (C=O) groups is 3. The predicted octanol–water partition coefficient (Wildman–Crippen LogP) is 1.72. The van der Waals surface area contributed by atoms with Gasteiger partial charge in [0, 0.05) is 19.6 Å². The quantitative estimate of drug-likeness (QED) is 0.519. The van der Waals surface area contributed by atoms with Gasteiger partial charge in [-0.15, -0.1) is 0 Å². The van der Waals surface area contributed by atoms with E-state index in [2.05, 4.69) is 0 Å². The van der Waals surface area contributed by atoms with Gasteiger partial charge in [0.25, 0.3) is 5.91 Å². The van der Waals surface area contributed by atoms with Crippen LogP contribution < -0.4 is 4.72 Å². The number of benzene rings is 1. The van der Waals surface area contributed by atoms with Crippen LogP contribution in [0.4, 0.5) is 13.2 Å². The first-order valence-electron chi connectivity index (χ1n) is 10.2. The first-order chi connectivity index (χ1) is 15.4. The molecule has 1 saturated heterocycles. The third kappa shape index (κ3) is 8.00. The van der Waals surface area contributed by atoms with Gasteiger partial charge >= 0.3 is 18.1 Å². The van der Waals surface area contributed by atoms with Crippen LogP contribution in [0.5, 0.6) is 0 Å². The van der Waals surface area contributed by atoms with Gasteiger partial charge in [0.2, 0.25) is 10.0 Å². The van der Waals surface area contributed by atoms with E-state index in [0.29, 0.717) is 32.0 Å². The van der Waals surface area contributed by atoms with Crippen LogP contribution in [0.25, 0.3) is 0 Å². The molecular weight excluding hydrogens is 469 g/mol. The van der Waals surface area contributed by atoms with Crippen molar-refractivity contribution in [3.05, 3.63) is 29.8 Å². The Labute approximate surface area is 189 Å². The molecule has 13 heteroatoms. The molecule has 0 aliphatic carbocycles. The summed E-state index contributed by atoms with van der Waals surface area (Å²) in [6, 6.07) is 3.20. The summed E-state index contributed by atoms with van der Waals surface area (Å²) in [6.07, 6.45) is -4.24. The molecule has 2 rings (SSSR count). The van der Waals surface area contributed by atoms with Crippen LogP contribution in [-0.4, -0.2) is 64.0 Å². The Morgan fingerprint density at radius 2 is 1.82 bits per heavy atom. The molecule has 0 aromatic heterocycles. The number of hydrogen-bond acceptors (Lipinski definition) is 7. The number of nitrogens with one attached hydrogen (secondary N) is 1. The largest absolute Gasteiger partial charge is 0.466 e. The lowest BCUT2D eigenvalue weighted by Crippen LogP contribution is -2.42. The molecule has 0 spiro atoms. The Morgan fingerprint density at radius 3 is 2.42 bits per heavy atom. The number of amides is 1. The van der Waals surface area contributed by atoms with E-state index in [1.807, 2.05) is 4.72 Å². The second-order valence-electron chi connectivity index (χ2n) is 7.24. The van der Waals surface area contributed by atoms with Gasteiger partial charge in [-0.1, -0.05) is 6.07 Å². The number of nitrogens with zero attached hydrogens (tertiary/aromatic N) is 1. The molecule has 1 amide bonds. The van der Waals surface area contributed by atoms with Crippen LogP contribution in [0.1, 0.15) is 31.7 Å². The maximum absolute atomic E-state index is 12.8. The first kappa shape index (κ1) is 26.6. The Balaban J connectivity index is 1.74. The van der Waals surface area contributed by atoms with Crippen LogP contribution >= 0.6 is 0 Å². The van der Waals surface area contributed by atoms with Gasteiger partial charge in [-0.25, -0.2) is 13.1 Å². The second kappa shape index (κ2) is 11.5. The van der Waals surface area contributed by atoms with Gasteiger partial charge in [0.15, 0.2) is 6.61 Å². The Hall–Kier alpha value is -2.67. The van der Waals surface area contributed by atoms with E-state index in [1.165, 1.54) is 4.90 Å². The lowest BCUT2D eigenvalue weighted by atomic mass is 9.97. The minimum Gasteiger partial charge on any atom is -0.466 e. The highest BCUT2D eigenvalue weighted by Gasteiger charge is 2.32. The number of hydrogen-bond donors (Lipinski definition) is 1. The number of esters is 2. The van der Waals surface area contributed by atoms with Gasteiger partial charge in [0.05, 0.1) is 29.4 Å². The summed E-state index contributed by atoms with van der Waals surface area (Å²) in [5, 5.41) is 0. The van der Waals surface area contributed by atoms with Gasteiger partial charge in [0.1, 0.15) is 0 Å². The number of rotatable bonds is 9. The highest BCUT2D eigenvalue weighted by molar-refractivity contribution is 7.89. The third-order valence-corrected chi connectivity index (χ3v) is 6.38. The number of carbonyl (C=O) groups excluding carboxylic acids is 3. The van der Waals surface area contributed by atoms with Crippen molar-refractivity contribution >= 4 is 27.9 Å². The van der Waals surface area contributed by atoms with Crippen LogP contribution in [-0.2, 0) is 40.1 Å². The molecule has 1 heterocycles. The molecule has 0 saturated carbocycles. The molecule has 33 heavy (non-hydrogen) atoms. The zero-order valence-electron chi connectivity index (χ0n) is 17.9. The highest BCUT2D eigenvalue weighted by Crippen LogP contribution is 2.30. The van der Waals surface area contributed by atoms with E-state index in [0.717, 1.165) is 18.2 Å². The molecule has 1 fully saturated rings. The second-order valence-corrected chi connectivity index (χ2v) is 9.01. The first-order valence-corrected chi connectivity index (χ1v) is 11.7. The number of alkyl halides is 3. The van der Waals surface area contributed by atoms with Crippen molar-refractivity contribution in [3.8, 4) is 0 Å². The van der Waals surface area contributed by atoms with Crippen molar-refractivity contribution in [2.75, 3.05) is 32.8 Å². The maximum Gasteiger partial charge on any atom is 0.416 e. The van der Waals surface area contributed by atoms with Crippen LogP contribution in [0.2, 0.25) is 0 Å². The summed E-state index contributed by atoms with van der Waals surface area (Å²) in [7, 11) is -4.27. The summed E-state index contributed by atoms with van der Waals surface area (Å²) in [6.45, 7) is 1.67. The van der Waals surface area contributed by atoms with Crippen LogP contribution in [0.15, 0.2) is 29.2 Å². The van der Waals surface area contributed by atoms with E-state index < -0.39 is 58.1 Å². The van der Waals surface area contributed by atoms with Crippen molar-refractivity contribution in [1.29, 1.82) is 0 Å². The van der Waals surface area contributed by atoms with Crippen LogP contribution in [0.3, 0.4) is 0 Å². The minimum absolute atomic E-state index is 0.276. The van der Waals surface area contributed by atoms with Crippen molar-refractivity contribution in [1.82, 2.24) is 9.62 Å². The van der Waals surface area contributed by atoms with Crippen molar-refractivity contribution in [2.24, 2.45) is 5.92 Å². The Bertz CT molecular complexity index is 959. The normalized spacial score (nSPS) is 15.2. The summed E-state index contributed by atoms with van der Waals surface area (Å²) in [4.78, 5) is 36.6. The summed E-state index contributed by atoms with van der Waals surface area (Å²) in [5.41, 5.74) is -1.12. The predicted molar refractivity (Wildman–Crippen MR) is 108 cm³/mol. The smallest absolute Gasteiger partial charge is 0.416 e. The van der Waals surface area contributed by atoms with Gasteiger partial charge in [-0.3, -0.25) is 14.4 Å². The molecule has 1 aromatic carbocycles. The van der Waals surface area contributed by atoms with Crippen molar-refractivity contribution in [3.63, 3.8) is 0 Å². The molecule has 1 aliphatic rings. The monoisotopic (exact) mass is 494 g/mol. The number of sulfonamides is 1. The van der Waals surface area contributed by atoms with Crippen LogP contribution in [0, 0.1) is 5.92 Å². The topological polar surface area (TPSA) is 119 Å². The van der Waals surface area contributed by atoms with E-state index in [4.69, 9.17) is 9.47 Å². The van der Waals surface area contributed by atoms with Gasteiger partial charge < -0.3 is 14.4 Å². The molecule has 0 unspecified atom stereocenters. The lowest BCUT2D eigenvalue weighted by molar-refractivity contribution is -0.154. The van der Waals surface area contributed by atoms with Gasteiger partial charge in [-0.2, -0.15) is 13.2 Å². The molecule has 0 atom stereocenters.